The third-order valence-electron chi connectivity index (χ3n) is 5.05. The molecule has 0 saturated carbocycles. The van der Waals surface area contributed by atoms with Crippen molar-refractivity contribution < 1.29 is 4.79 Å². The third-order valence-corrected chi connectivity index (χ3v) is 5.05. The van der Waals surface area contributed by atoms with E-state index in [0.717, 1.165) is 16.7 Å². The molecule has 7 heteroatoms. The van der Waals surface area contributed by atoms with Gasteiger partial charge in [-0.15, -0.1) is 17.5 Å². The van der Waals surface area contributed by atoms with Gasteiger partial charge in [-0.1, -0.05) is 68.4 Å². The monoisotopic (exact) mass is 459 g/mol. The van der Waals surface area contributed by atoms with Crippen molar-refractivity contribution in [1.29, 1.82) is 0 Å². The smallest absolute Gasteiger partial charge is 0.274 e. The molecule has 2 aromatic heterocycles. The molecule has 6 nitrogen and oxygen atoms in total. The number of hydrogen-bond acceptors (Lipinski definition) is 5. The van der Waals surface area contributed by atoms with E-state index < -0.39 is 0 Å². The Kier molecular flexibility index (Phi) is 8.11. The molecule has 168 valence electrons. The molecule has 0 atom stereocenters. The van der Waals surface area contributed by atoms with Gasteiger partial charge in [-0.25, -0.2) is 0 Å². The van der Waals surface area contributed by atoms with Crippen LogP contribution in [0.1, 0.15) is 41.3 Å². The highest BCUT2D eigenvalue weighted by atomic mass is 35.5. The third kappa shape index (κ3) is 6.14. The molecule has 0 spiro atoms. The van der Waals surface area contributed by atoms with Crippen LogP contribution in [0.4, 0.5) is 5.95 Å². The first-order chi connectivity index (χ1) is 15.6. The zero-order valence-corrected chi connectivity index (χ0v) is 19.4. The summed E-state index contributed by atoms with van der Waals surface area (Å²) in [5.41, 5.74) is 4.07. The van der Waals surface area contributed by atoms with E-state index in [4.69, 9.17) is 0 Å². The van der Waals surface area contributed by atoms with Crippen molar-refractivity contribution in [3.05, 3.63) is 102 Å². The molecule has 0 aliphatic rings. The Hall–Kier alpha value is -3.77. The number of pyridine rings is 1. The van der Waals surface area contributed by atoms with Crippen LogP contribution in [0.5, 0.6) is 0 Å². The minimum Gasteiger partial charge on any atom is -0.350 e. The van der Waals surface area contributed by atoms with Crippen LogP contribution in [-0.2, 0) is 6.54 Å². The van der Waals surface area contributed by atoms with Gasteiger partial charge in [0.1, 0.15) is 0 Å². The van der Waals surface area contributed by atoms with Crippen LogP contribution >= 0.6 is 12.4 Å². The van der Waals surface area contributed by atoms with Crippen LogP contribution in [0.2, 0.25) is 0 Å². The van der Waals surface area contributed by atoms with Crippen molar-refractivity contribution in [2.45, 2.75) is 26.3 Å². The van der Waals surface area contributed by atoms with E-state index >= 15 is 0 Å². The second-order valence-corrected chi connectivity index (χ2v) is 7.74. The van der Waals surface area contributed by atoms with E-state index in [-0.39, 0.29) is 18.3 Å². The quantitative estimate of drug-likeness (QED) is 0.351. The Bertz CT molecular complexity index is 1200. The van der Waals surface area contributed by atoms with Crippen molar-refractivity contribution >= 4 is 30.3 Å². The van der Waals surface area contributed by atoms with Gasteiger partial charge in [-0.3, -0.25) is 9.78 Å². The van der Waals surface area contributed by atoms with Gasteiger partial charge >= 0.3 is 0 Å². The summed E-state index contributed by atoms with van der Waals surface area (Å²) in [4.78, 5) is 21.6. The molecule has 0 aliphatic carbocycles. The van der Waals surface area contributed by atoms with E-state index in [9.17, 15) is 4.79 Å². The van der Waals surface area contributed by atoms with Crippen LogP contribution in [0.15, 0.2) is 85.2 Å². The molecular weight excluding hydrogens is 434 g/mol. The number of aromatic nitrogens is 4. The topological polar surface area (TPSA) is 72.7 Å². The van der Waals surface area contributed by atoms with E-state index in [1.807, 2.05) is 42.5 Å². The van der Waals surface area contributed by atoms with E-state index in [0.29, 0.717) is 24.2 Å². The van der Waals surface area contributed by atoms with Gasteiger partial charge in [0.2, 0.25) is 5.95 Å². The normalized spacial score (nSPS) is 10.9. The summed E-state index contributed by atoms with van der Waals surface area (Å²) in [6.45, 7) is 4.87. The Balaban J connectivity index is 0.00000306. The van der Waals surface area contributed by atoms with Crippen molar-refractivity contribution in [2.24, 2.45) is 0 Å². The van der Waals surface area contributed by atoms with Crippen molar-refractivity contribution in [3.8, 4) is 11.4 Å². The molecule has 0 bridgehead atoms. The second-order valence-electron chi connectivity index (χ2n) is 7.74. The summed E-state index contributed by atoms with van der Waals surface area (Å²) in [6.07, 6.45) is 6.63. The second kappa shape index (κ2) is 11.2. The van der Waals surface area contributed by atoms with Crippen LogP contribution in [0.3, 0.4) is 0 Å². The van der Waals surface area contributed by atoms with Gasteiger partial charge in [-0.05, 0) is 40.8 Å². The maximum absolute atomic E-state index is 12.9. The van der Waals surface area contributed by atoms with Crippen LogP contribution in [-0.4, -0.2) is 25.7 Å². The van der Waals surface area contributed by atoms with Crippen LogP contribution in [0, 0.1) is 0 Å². The van der Waals surface area contributed by atoms with Crippen molar-refractivity contribution in [3.63, 3.8) is 0 Å². The fourth-order valence-electron chi connectivity index (χ4n) is 3.20. The Morgan fingerprint density at radius 1 is 1.03 bits per heavy atom. The summed E-state index contributed by atoms with van der Waals surface area (Å²) < 4.78 is 1.30. The highest BCUT2D eigenvalue weighted by Crippen LogP contribution is 2.19. The fraction of sp³-hybridized carbons (Fsp3) is 0.154. The molecule has 4 rings (SSSR count). The summed E-state index contributed by atoms with van der Waals surface area (Å²) in [6, 6.07) is 21.8. The molecule has 33 heavy (non-hydrogen) atoms. The van der Waals surface area contributed by atoms with Gasteiger partial charge in [0.05, 0.1) is 0 Å². The number of anilines is 1. The first kappa shape index (κ1) is 23.9. The number of carbonyl (C=O) groups excluding carboxylic acids is 1. The lowest BCUT2D eigenvalue weighted by Crippen LogP contribution is -2.14. The van der Waals surface area contributed by atoms with E-state index in [1.54, 1.807) is 18.5 Å². The molecule has 0 saturated heterocycles. The molecule has 0 fully saturated rings. The van der Waals surface area contributed by atoms with Gasteiger partial charge < -0.3 is 5.32 Å². The Labute approximate surface area is 199 Å². The minimum atomic E-state index is -0.283. The highest BCUT2D eigenvalue weighted by molar-refractivity contribution is 5.94. The lowest BCUT2D eigenvalue weighted by atomic mass is 10.0. The van der Waals surface area contributed by atoms with E-state index in [1.165, 1.54) is 16.3 Å². The number of carbonyl (C=O) groups is 1. The SMILES string of the molecule is CC(C)c1ccc(CNc2nc(-c3cccnc3)nn2C(=O)C=Cc2ccccc2)cc1.Cl. The van der Waals surface area contributed by atoms with Gasteiger partial charge in [0, 0.05) is 30.6 Å². The number of nitrogens with zero attached hydrogens (tertiary/aromatic N) is 4. The zero-order chi connectivity index (χ0) is 22.3. The average molecular weight is 460 g/mol. The average Bonchev–Trinajstić information content (AvgIpc) is 3.27. The molecular formula is C26H26ClN5O. The maximum Gasteiger partial charge on any atom is 0.274 e. The largest absolute Gasteiger partial charge is 0.350 e. The summed E-state index contributed by atoms with van der Waals surface area (Å²) in [7, 11) is 0. The predicted octanol–water partition coefficient (Wildman–Crippen LogP) is 5.85. The highest BCUT2D eigenvalue weighted by Gasteiger charge is 2.16. The van der Waals surface area contributed by atoms with E-state index in [2.05, 4.69) is 58.5 Å². The molecule has 0 aliphatic heterocycles. The van der Waals surface area contributed by atoms with Crippen LogP contribution < -0.4 is 5.32 Å². The number of allylic oxidation sites excluding steroid dienone is 1. The van der Waals surface area contributed by atoms with Gasteiger partial charge in [0.25, 0.3) is 5.91 Å². The first-order valence-electron chi connectivity index (χ1n) is 10.6. The number of rotatable bonds is 7. The van der Waals surface area contributed by atoms with Gasteiger partial charge in [-0.2, -0.15) is 9.67 Å². The Morgan fingerprint density at radius 2 is 1.79 bits per heavy atom. The molecule has 0 radical (unpaired) electrons. The number of benzene rings is 2. The summed E-state index contributed by atoms with van der Waals surface area (Å²) >= 11 is 0. The molecule has 0 amide bonds. The van der Waals surface area contributed by atoms with Crippen molar-refractivity contribution in [2.75, 3.05) is 5.32 Å². The van der Waals surface area contributed by atoms with Gasteiger partial charge in [0.15, 0.2) is 5.82 Å². The zero-order valence-electron chi connectivity index (χ0n) is 18.6. The number of hydrogen-bond donors (Lipinski definition) is 1. The number of halogens is 1. The maximum atomic E-state index is 12.9. The summed E-state index contributed by atoms with van der Waals surface area (Å²) in [5.74, 6) is 1.03. The molecule has 1 N–H and O–H groups in total. The lowest BCUT2D eigenvalue weighted by Gasteiger charge is -2.08. The molecule has 0 unspecified atom stereocenters. The molecule has 2 heterocycles. The first-order valence-corrected chi connectivity index (χ1v) is 10.6. The molecule has 4 aromatic rings. The van der Waals surface area contributed by atoms with Crippen molar-refractivity contribution in [1.82, 2.24) is 19.7 Å². The Morgan fingerprint density at radius 3 is 2.45 bits per heavy atom. The lowest BCUT2D eigenvalue weighted by molar-refractivity contribution is 0.0957. The fourth-order valence-corrected chi connectivity index (χ4v) is 3.20. The number of nitrogens with one attached hydrogen (secondary N) is 1. The molecule has 2 aromatic carbocycles. The standard InChI is InChI=1S/C26H25N5O.ClH/c1-19(2)22-13-10-21(11-14-22)17-28-26-29-25(23-9-6-16-27-18-23)30-31(26)24(32)15-12-20-7-4-3-5-8-20;/h3-16,18-19H,17H2,1-2H3,(H,28,29,30);1H. The predicted molar refractivity (Wildman–Crippen MR) is 134 cm³/mol. The minimum absolute atomic E-state index is 0. The summed E-state index contributed by atoms with van der Waals surface area (Å²) in [5, 5.41) is 7.71. The van der Waals surface area contributed by atoms with Crippen LogP contribution in [0.25, 0.3) is 17.5 Å².